The topological polar surface area (TPSA) is 63.6 Å². The molecular formula is C9H18O4S. The lowest BCUT2D eigenvalue weighted by atomic mass is 10.2. The molecule has 0 aromatic heterocycles. The van der Waals surface area contributed by atoms with E-state index in [1.54, 1.807) is 14.0 Å². The standard InChI is InChI=1S/C9H18O4S/c1-8(9(10)11)7-14(12)6-4-3-5-13-2/h8H,3-7H2,1-2H3,(H,10,11). The maximum absolute atomic E-state index is 11.3. The van der Waals surface area contributed by atoms with Crippen LogP contribution in [-0.4, -0.2) is 40.5 Å². The fourth-order valence-electron chi connectivity index (χ4n) is 0.943. The van der Waals surface area contributed by atoms with Gasteiger partial charge in [0, 0.05) is 36.0 Å². The minimum atomic E-state index is -1.01. The average molecular weight is 222 g/mol. The number of carboxylic acid groups (broad SMARTS) is 1. The quantitative estimate of drug-likeness (QED) is 0.619. The summed E-state index contributed by atoms with van der Waals surface area (Å²) < 4.78 is 16.2. The van der Waals surface area contributed by atoms with Gasteiger partial charge in [0.05, 0.1) is 5.92 Å². The van der Waals surface area contributed by atoms with Crippen LogP contribution in [0, 0.1) is 5.92 Å². The van der Waals surface area contributed by atoms with Crippen molar-refractivity contribution >= 4 is 16.8 Å². The number of aliphatic carboxylic acids is 1. The van der Waals surface area contributed by atoms with Crippen molar-refractivity contribution in [2.24, 2.45) is 5.92 Å². The van der Waals surface area contributed by atoms with Crippen LogP contribution in [0.2, 0.25) is 0 Å². The smallest absolute Gasteiger partial charge is 0.307 e. The van der Waals surface area contributed by atoms with Crippen LogP contribution in [-0.2, 0) is 20.3 Å². The summed E-state index contributed by atoms with van der Waals surface area (Å²) in [6, 6.07) is 0. The van der Waals surface area contributed by atoms with Gasteiger partial charge in [-0.2, -0.15) is 0 Å². The van der Waals surface area contributed by atoms with E-state index in [2.05, 4.69) is 0 Å². The fourth-order valence-corrected chi connectivity index (χ4v) is 2.34. The Kier molecular flexibility index (Phi) is 7.70. The third kappa shape index (κ3) is 7.03. The Balaban J connectivity index is 3.50. The van der Waals surface area contributed by atoms with Crippen LogP contribution < -0.4 is 0 Å². The number of methoxy groups -OCH3 is 1. The molecule has 0 aliphatic carbocycles. The molecule has 0 saturated carbocycles. The Morgan fingerprint density at radius 2 is 2.14 bits per heavy atom. The average Bonchev–Trinajstić information content (AvgIpc) is 2.12. The first-order chi connectivity index (χ1) is 6.57. The van der Waals surface area contributed by atoms with Crippen molar-refractivity contribution in [3.05, 3.63) is 0 Å². The van der Waals surface area contributed by atoms with E-state index in [0.717, 1.165) is 12.8 Å². The molecule has 1 N–H and O–H groups in total. The van der Waals surface area contributed by atoms with Gasteiger partial charge in [-0.1, -0.05) is 6.92 Å². The molecule has 2 atom stereocenters. The molecule has 0 spiro atoms. The van der Waals surface area contributed by atoms with Crippen molar-refractivity contribution in [1.82, 2.24) is 0 Å². The van der Waals surface area contributed by atoms with Gasteiger partial charge < -0.3 is 9.84 Å². The van der Waals surface area contributed by atoms with E-state index in [0.29, 0.717) is 12.4 Å². The maximum atomic E-state index is 11.3. The molecule has 0 aromatic rings. The Morgan fingerprint density at radius 1 is 1.50 bits per heavy atom. The van der Waals surface area contributed by atoms with E-state index in [4.69, 9.17) is 9.84 Å². The van der Waals surface area contributed by atoms with E-state index in [9.17, 15) is 9.00 Å². The van der Waals surface area contributed by atoms with Gasteiger partial charge in [0.25, 0.3) is 0 Å². The molecule has 0 saturated heterocycles. The molecule has 0 fully saturated rings. The fraction of sp³-hybridized carbons (Fsp3) is 0.889. The highest BCUT2D eigenvalue weighted by molar-refractivity contribution is 7.85. The summed E-state index contributed by atoms with van der Waals surface area (Å²) in [5.74, 6) is -0.572. The number of rotatable bonds is 8. The van der Waals surface area contributed by atoms with Crippen LogP contribution in [0.5, 0.6) is 0 Å². The van der Waals surface area contributed by atoms with Crippen molar-refractivity contribution in [1.29, 1.82) is 0 Å². The molecule has 0 aliphatic heterocycles. The molecule has 84 valence electrons. The summed E-state index contributed by atoms with van der Waals surface area (Å²) in [4.78, 5) is 10.5. The van der Waals surface area contributed by atoms with E-state index in [1.165, 1.54) is 0 Å². The lowest BCUT2D eigenvalue weighted by Crippen LogP contribution is -2.18. The minimum Gasteiger partial charge on any atom is -0.481 e. The molecule has 0 aliphatic rings. The van der Waals surface area contributed by atoms with E-state index in [-0.39, 0.29) is 5.75 Å². The van der Waals surface area contributed by atoms with Gasteiger partial charge >= 0.3 is 5.97 Å². The van der Waals surface area contributed by atoms with Crippen molar-refractivity contribution in [3.63, 3.8) is 0 Å². The molecule has 2 unspecified atom stereocenters. The van der Waals surface area contributed by atoms with Crippen LogP contribution in [0.25, 0.3) is 0 Å². The zero-order chi connectivity index (χ0) is 11.0. The number of carboxylic acids is 1. The molecular weight excluding hydrogens is 204 g/mol. The van der Waals surface area contributed by atoms with Crippen LogP contribution >= 0.6 is 0 Å². The third-order valence-electron chi connectivity index (χ3n) is 1.83. The Morgan fingerprint density at radius 3 is 2.64 bits per heavy atom. The molecule has 0 rings (SSSR count). The van der Waals surface area contributed by atoms with Gasteiger partial charge in [-0.3, -0.25) is 9.00 Å². The largest absolute Gasteiger partial charge is 0.481 e. The highest BCUT2D eigenvalue weighted by atomic mass is 32.2. The maximum Gasteiger partial charge on any atom is 0.307 e. The number of unbranched alkanes of at least 4 members (excludes halogenated alkanes) is 1. The predicted octanol–water partition coefficient (Wildman–Crippen LogP) is 0.882. The molecule has 0 amide bonds. The first-order valence-electron chi connectivity index (χ1n) is 4.64. The predicted molar refractivity (Wildman–Crippen MR) is 55.8 cm³/mol. The van der Waals surface area contributed by atoms with Gasteiger partial charge in [0.1, 0.15) is 0 Å². The van der Waals surface area contributed by atoms with Gasteiger partial charge in [-0.05, 0) is 12.8 Å². The summed E-state index contributed by atoms with van der Waals surface area (Å²) in [6.07, 6.45) is 1.70. The van der Waals surface area contributed by atoms with Crippen molar-refractivity contribution in [2.75, 3.05) is 25.2 Å². The van der Waals surface area contributed by atoms with E-state index >= 15 is 0 Å². The Bertz CT molecular complexity index is 193. The lowest BCUT2D eigenvalue weighted by Gasteiger charge is -2.05. The normalized spacial score (nSPS) is 15.0. The zero-order valence-electron chi connectivity index (χ0n) is 8.69. The third-order valence-corrected chi connectivity index (χ3v) is 3.44. The molecule has 0 bridgehead atoms. The Hall–Kier alpha value is -0.420. The number of carbonyl (C=O) groups is 1. The second-order valence-electron chi connectivity index (χ2n) is 3.25. The minimum absolute atomic E-state index is 0.252. The highest BCUT2D eigenvalue weighted by Crippen LogP contribution is 2.01. The first kappa shape index (κ1) is 13.6. The number of ether oxygens (including phenoxy) is 1. The van der Waals surface area contributed by atoms with Crippen molar-refractivity contribution < 1.29 is 18.8 Å². The summed E-state index contributed by atoms with van der Waals surface area (Å²) in [7, 11) is 0.618. The summed E-state index contributed by atoms with van der Waals surface area (Å²) >= 11 is 0. The van der Waals surface area contributed by atoms with Crippen LogP contribution in [0.3, 0.4) is 0 Å². The van der Waals surface area contributed by atoms with Gasteiger partial charge in [-0.25, -0.2) is 0 Å². The molecule has 4 nitrogen and oxygen atoms in total. The van der Waals surface area contributed by atoms with Crippen molar-refractivity contribution in [2.45, 2.75) is 19.8 Å². The second kappa shape index (κ2) is 7.94. The van der Waals surface area contributed by atoms with Crippen LogP contribution in [0.4, 0.5) is 0 Å². The second-order valence-corrected chi connectivity index (χ2v) is 4.87. The number of hydrogen-bond acceptors (Lipinski definition) is 3. The van der Waals surface area contributed by atoms with Gasteiger partial charge in [0.2, 0.25) is 0 Å². The number of hydrogen-bond donors (Lipinski definition) is 1. The summed E-state index contributed by atoms with van der Waals surface area (Å²) in [5, 5.41) is 8.59. The Labute approximate surface area is 87.1 Å². The molecule has 14 heavy (non-hydrogen) atoms. The molecule has 0 heterocycles. The van der Waals surface area contributed by atoms with Crippen LogP contribution in [0.1, 0.15) is 19.8 Å². The molecule has 5 heteroatoms. The lowest BCUT2D eigenvalue weighted by molar-refractivity contribution is -0.140. The highest BCUT2D eigenvalue weighted by Gasteiger charge is 2.14. The van der Waals surface area contributed by atoms with E-state index in [1.807, 2.05) is 0 Å². The SMILES string of the molecule is COCCCCS(=O)CC(C)C(=O)O. The first-order valence-corrected chi connectivity index (χ1v) is 6.13. The summed E-state index contributed by atoms with van der Waals surface area (Å²) in [6.45, 7) is 2.25. The molecule has 0 radical (unpaired) electrons. The van der Waals surface area contributed by atoms with Gasteiger partial charge in [0.15, 0.2) is 0 Å². The summed E-state index contributed by atoms with van der Waals surface area (Å²) in [5.41, 5.74) is 0. The monoisotopic (exact) mass is 222 g/mol. The van der Waals surface area contributed by atoms with Crippen molar-refractivity contribution in [3.8, 4) is 0 Å². The van der Waals surface area contributed by atoms with E-state index < -0.39 is 22.7 Å². The van der Waals surface area contributed by atoms with Gasteiger partial charge in [-0.15, -0.1) is 0 Å². The molecule has 0 aromatic carbocycles. The van der Waals surface area contributed by atoms with Crippen LogP contribution in [0.15, 0.2) is 0 Å². The zero-order valence-corrected chi connectivity index (χ0v) is 9.51.